The third kappa shape index (κ3) is 9.04. The molecule has 0 radical (unpaired) electrons. The van der Waals surface area contributed by atoms with Gasteiger partial charge in [-0.05, 0) is 13.8 Å². The summed E-state index contributed by atoms with van der Waals surface area (Å²) in [6.45, 7) is 6.95. The maximum atomic E-state index is 9.72. The highest BCUT2D eigenvalue weighted by molar-refractivity contribution is 7.85. The second-order valence-electron chi connectivity index (χ2n) is 2.84. The van der Waals surface area contributed by atoms with Gasteiger partial charge in [0, 0.05) is 12.4 Å². The van der Waals surface area contributed by atoms with Crippen molar-refractivity contribution in [2.75, 3.05) is 5.75 Å². The molecule has 1 N–H and O–H groups in total. The van der Waals surface area contributed by atoms with Gasteiger partial charge in [0.1, 0.15) is 0 Å². The van der Waals surface area contributed by atoms with Gasteiger partial charge in [-0.1, -0.05) is 6.08 Å². The topological polar surface area (TPSA) is 80.2 Å². The van der Waals surface area contributed by atoms with Crippen LogP contribution in [0.5, 0.6) is 0 Å². The molecule has 0 spiro atoms. The first-order chi connectivity index (χ1) is 6.85. The smallest absolute Gasteiger partial charge is 0.268 e. The number of hydrogen-bond donors (Lipinski definition) is 1. The van der Waals surface area contributed by atoms with E-state index in [1.807, 2.05) is 13.8 Å². The van der Waals surface area contributed by atoms with Gasteiger partial charge in [0.2, 0.25) is 0 Å². The Bertz CT molecular complexity index is 377. The predicted octanol–water partition coefficient (Wildman–Crippen LogP) is 1.15. The highest BCUT2D eigenvalue weighted by Gasteiger charge is 1.95. The molecule has 0 aliphatic carbocycles. The van der Waals surface area contributed by atoms with Crippen molar-refractivity contribution in [2.24, 2.45) is 0 Å². The number of nitrogens with zero attached hydrogens (tertiary/aromatic N) is 2. The van der Waals surface area contributed by atoms with E-state index in [2.05, 4.69) is 16.5 Å². The third-order valence-corrected chi connectivity index (χ3v) is 1.90. The van der Waals surface area contributed by atoms with Crippen LogP contribution in [0.15, 0.2) is 25.0 Å². The first kappa shape index (κ1) is 13.7. The summed E-state index contributed by atoms with van der Waals surface area (Å²) in [7, 11) is -3.79. The van der Waals surface area contributed by atoms with Crippen LogP contribution in [-0.4, -0.2) is 28.7 Å². The number of rotatable bonds is 2. The summed E-state index contributed by atoms with van der Waals surface area (Å²) in [6.07, 6.45) is 4.64. The molecule has 0 aliphatic heterocycles. The van der Waals surface area contributed by atoms with Gasteiger partial charge in [0.25, 0.3) is 10.1 Å². The highest BCUT2D eigenvalue weighted by atomic mass is 32.2. The van der Waals surface area contributed by atoms with Gasteiger partial charge < -0.3 is 0 Å². The Morgan fingerprint density at radius 2 is 1.73 bits per heavy atom. The first-order valence-electron chi connectivity index (χ1n) is 4.16. The molecular weight excluding hydrogens is 216 g/mol. The molecule has 0 unspecified atom stereocenters. The molecule has 1 aromatic rings. The minimum atomic E-state index is -3.79. The van der Waals surface area contributed by atoms with Crippen LogP contribution < -0.4 is 0 Å². The van der Waals surface area contributed by atoms with Crippen molar-refractivity contribution < 1.29 is 13.0 Å². The molecule has 0 aromatic carbocycles. The maximum Gasteiger partial charge on any atom is 0.268 e. The molecule has 84 valence electrons. The Kier molecular flexibility index (Phi) is 5.73. The lowest BCUT2D eigenvalue weighted by atomic mass is 10.5. The fourth-order valence-electron chi connectivity index (χ4n) is 0.606. The minimum absolute atomic E-state index is 0.368. The van der Waals surface area contributed by atoms with Crippen LogP contribution in [0.25, 0.3) is 0 Å². The monoisotopic (exact) mass is 230 g/mol. The van der Waals surface area contributed by atoms with Crippen LogP contribution >= 0.6 is 0 Å². The van der Waals surface area contributed by atoms with Crippen LogP contribution in [-0.2, 0) is 10.1 Å². The van der Waals surface area contributed by atoms with E-state index in [0.717, 1.165) is 17.5 Å². The largest absolute Gasteiger partial charge is 0.285 e. The Balaban J connectivity index is 0.000000265. The third-order valence-electron chi connectivity index (χ3n) is 1.24. The fraction of sp³-hybridized carbons (Fsp3) is 0.333. The standard InChI is InChI=1S/C6H8N2.C3H6O3S/c1-5-3-8-6(2)4-7-5;1-2-3-7(4,5)6/h3-4H,1-2H3;2H,1,3H2,(H,4,5,6). The molecule has 0 amide bonds. The van der Waals surface area contributed by atoms with Crippen molar-refractivity contribution in [3.05, 3.63) is 36.4 Å². The molecule has 5 nitrogen and oxygen atoms in total. The number of aryl methyl sites for hydroxylation is 2. The lowest BCUT2D eigenvalue weighted by Crippen LogP contribution is -1.99. The van der Waals surface area contributed by atoms with Gasteiger partial charge >= 0.3 is 0 Å². The van der Waals surface area contributed by atoms with Crippen LogP contribution in [0, 0.1) is 13.8 Å². The van der Waals surface area contributed by atoms with Gasteiger partial charge in [-0.2, -0.15) is 8.42 Å². The van der Waals surface area contributed by atoms with Crippen molar-refractivity contribution >= 4 is 10.1 Å². The minimum Gasteiger partial charge on any atom is -0.285 e. The zero-order chi connectivity index (χ0) is 11.9. The second-order valence-corrected chi connectivity index (χ2v) is 4.33. The van der Waals surface area contributed by atoms with E-state index in [9.17, 15) is 8.42 Å². The molecule has 1 aromatic heterocycles. The summed E-state index contributed by atoms with van der Waals surface area (Å²) in [5.41, 5.74) is 1.94. The van der Waals surface area contributed by atoms with Gasteiger partial charge in [0.05, 0.1) is 17.1 Å². The Hall–Kier alpha value is -1.27. The maximum absolute atomic E-state index is 9.72. The van der Waals surface area contributed by atoms with Crippen LogP contribution in [0.4, 0.5) is 0 Å². The molecular formula is C9H14N2O3S. The van der Waals surface area contributed by atoms with E-state index in [4.69, 9.17) is 4.55 Å². The van der Waals surface area contributed by atoms with Crippen molar-refractivity contribution in [1.29, 1.82) is 0 Å². The van der Waals surface area contributed by atoms with Gasteiger partial charge in [-0.25, -0.2) is 0 Å². The Morgan fingerprint density at radius 3 is 1.87 bits per heavy atom. The van der Waals surface area contributed by atoms with Crippen molar-refractivity contribution in [3.63, 3.8) is 0 Å². The molecule has 1 heterocycles. The predicted molar refractivity (Wildman–Crippen MR) is 58.1 cm³/mol. The van der Waals surface area contributed by atoms with Gasteiger partial charge in [0.15, 0.2) is 0 Å². The normalized spacial score (nSPS) is 10.1. The van der Waals surface area contributed by atoms with Crippen molar-refractivity contribution in [3.8, 4) is 0 Å². The molecule has 0 saturated carbocycles. The highest BCUT2D eigenvalue weighted by Crippen LogP contribution is 1.88. The molecule has 0 aliphatic rings. The first-order valence-corrected chi connectivity index (χ1v) is 5.77. The molecule has 1 rings (SSSR count). The second kappa shape index (κ2) is 6.26. The SMILES string of the molecule is C=CCS(=O)(=O)O.Cc1cnc(C)cn1. The van der Waals surface area contributed by atoms with E-state index in [0.29, 0.717) is 0 Å². The van der Waals surface area contributed by atoms with Crippen LogP contribution in [0.3, 0.4) is 0 Å². The van der Waals surface area contributed by atoms with E-state index in [-0.39, 0.29) is 5.75 Å². The quantitative estimate of drug-likeness (QED) is 0.609. The summed E-state index contributed by atoms with van der Waals surface area (Å²) in [4.78, 5) is 8.03. The summed E-state index contributed by atoms with van der Waals surface area (Å²) in [6, 6.07) is 0. The summed E-state index contributed by atoms with van der Waals surface area (Å²) < 4.78 is 27.3. The summed E-state index contributed by atoms with van der Waals surface area (Å²) >= 11 is 0. The molecule has 0 bridgehead atoms. The molecule has 0 atom stereocenters. The summed E-state index contributed by atoms with van der Waals surface area (Å²) in [5, 5.41) is 0. The van der Waals surface area contributed by atoms with E-state index in [1.54, 1.807) is 12.4 Å². The van der Waals surface area contributed by atoms with E-state index >= 15 is 0 Å². The van der Waals surface area contributed by atoms with Gasteiger partial charge in [-0.3, -0.25) is 14.5 Å². The number of hydrogen-bond acceptors (Lipinski definition) is 4. The Labute approximate surface area is 89.6 Å². The average Bonchev–Trinajstić information content (AvgIpc) is 2.09. The van der Waals surface area contributed by atoms with E-state index in [1.165, 1.54) is 0 Å². The Morgan fingerprint density at radius 1 is 1.33 bits per heavy atom. The summed E-state index contributed by atoms with van der Waals surface area (Å²) in [5.74, 6) is -0.368. The molecule has 0 fully saturated rings. The fourth-order valence-corrected chi connectivity index (χ4v) is 0.904. The molecule has 6 heteroatoms. The van der Waals surface area contributed by atoms with Crippen LogP contribution in [0.1, 0.15) is 11.4 Å². The van der Waals surface area contributed by atoms with Crippen molar-refractivity contribution in [2.45, 2.75) is 13.8 Å². The lowest BCUT2D eigenvalue weighted by Gasteiger charge is -1.88. The zero-order valence-corrected chi connectivity index (χ0v) is 9.53. The number of aromatic nitrogens is 2. The van der Waals surface area contributed by atoms with Crippen molar-refractivity contribution in [1.82, 2.24) is 9.97 Å². The lowest BCUT2D eigenvalue weighted by molar-refractivity contribution is 0.487. The molecule has 0 saturated heterocycles. The van der Waals surface area contributed by atoms with E-state index < -0.39 is 10.1 Å². The van der Waals surface area contributed by atoms with Gasteiger partial charge in [-0.15, -0.1) is 6.58 Å². The molecule has 15 heavy (non-hydrogen) atoms. The van der Waals surface area contributed by atoms with Crippen LogP contribution in [0.2, 0.25) is 0 Å². The average molecular weight is 230 g/mol. The zero-order valence-electron chi connectivity index (χ0n) is 8.71.